The Morgan fingerprint density at radius 2 is 1.89 bits per heavy atom. The summed E-state index contributed by atoms with van der Waals surface area (Å²) >= 11 is 0. The maximum Gasteiger partial charge on any atom is 0.289 e. The van der Waals surface area contributed by atoms with Crippen LogP contribution in [0, 0.1) is 5.82 Å². The summed E-state index contributed by atoms with van der Waals surface area (Å²) in [4.78, 5) is 15.2. The maximum atomic E-state index is 15.6. The number of phenols is 2. The summed E-state index contributed by atoms with van der Waals surface area (Å²) in [7, 11) is 0. The van der Waals surface area contributed by atoms with E-state index in [1.165, 1.54) is 16.7 Å². The van der Waals surface area contributed by atoms with E-state index in [2.05, 4.69) is 20.4 Å². The Hall–Kier alpha value is -3.50. The van der Waals surface area contributed by atoms with Crippen LogP contribution in [-0.4, -0.2) is 68.1 Å². The molecule has 3 N–H and O–H groups in total. The SMILES string of the molecule is CC(C)c1cc(-c2nnc(C(=O)NC3CC3)n2-c2ccc(CN3CCOCC3)cc2F)c(O)cc1O. The maximum absolute atomic E-state index is 15.6. The molecule has 0 bridgehead atoms. The number of benzene rings is 2. The van der Waals surface area contributed by atoms with Crippen LogP contribution in [0.5, 0.6) is 11.5 Å². The third-order valence-corrected chi connectivity index (χ3v) is 6.55. The van der Waals surface area contributed by atoms with Crippen molar-refractivity contribution < 1.29 is 24.1 Å². The number of aromatic nitrogens is 3. The molecule has 1 saturated carbocycles. The number of nitrogens with zero attached hydrogens (tertiary/aromatic N) is 4. The normalized spacial score (nSPS) is 16.4. The second kappa shape index (κ2) is 9.87. The first-order valence-corrected chi connectivity index (χ1v) is 12.2. The first-order valence-electron chi connectivity index (χ1n) is 12.2. The molecule has 36 heavy (non-hydrogen) atoms. The molecule has 2 aliphatic rings. The minimum atomic E-state index is -0.537. The van der Waals surface area contributed by atoms with Crippen molar-refractivity contribution in [3.05, 3.63) is 53.1 Å². The Balaban J connectivity index is 1.58. The highest BCUT2D eigenvalue weighted by molar-refractivity contribution is 5.92. The van der Waals surface area contributed by atoms with E-state index in [1.54, 1.807) is 12.1 Å². The number of aromatic hydroxyl groups is 2. The smallest absolute Gasteiger partial charge is 0.289 e. The summed E-state index contributed by atoms with van der Waals surface area (Å²) in [6.45, 7) is 7.26. The van der Waals surface area contributed by atoms with Crippen LogP contribution in [0.3, 0.4) is 0 Å². The fourth-order valence-corrected chi connectivity index (χ4v) is 4.39. The molecular formula is C26H30FN5O4. The van der Waals surface area contributed by atoms with Crippen LogP contribution >= 0.6 is 0 Å². The van der Waals surface area contributed by atoms with Gasteiger partial charge in [-0.3, -0.25) is 14.3 Å². The summed E-state index contributed by atoms with van der Waals surface area (Å²) in [5.74, 6) is -1.31. The van der Waals surface area contributed by atoms with E-state index >= 15 is 4.39 Å². The number of ether oxygens (including phenoxy) is 1. The number of morpholine rings is 1. The molecule has 5 rings (SSSR count). The van der Waals surface area contributed by atoms with Gasteiger partial charge >= 0.3 is 0 Å². The zero-order chi connectivity index (χ0) is 25.4. The lowest BCUT2D eigenvalue weighted by atomic mass is 9.98. The lowest BCUT2D eigenvalue weighted by Crippen LogP contribution is -2.35. The topological polar surface area (TPSA) is 113 Å². The molecule has 9 nitrogen and oxygen atoms in total. The molecule has 2 heterocycles. The van der Waals surface area contributed by atoms with Crippen molar-refractivity contribution in [1.29, 1.82) is 0 Å². The number of carbonyl (C=O) groups is 1. The van der Waals surface area contributed by atoms with Gasteiger partial charge in [0, 0.05) is 31.7 Å². The number of hydrogen-bond acceptors (Lipinski definition) is 7. The van der Waals surface area contributed by atoms with E-state index in [4.69, 9.17) is 4.74 Å². The number of nitrogens with one attached hydrogen (secondary N) is 1. The number of rotatable bonds is 7. The van der Waals surface area contributed by atoms with E-state index in [0.29, 0.717) is 25.3 Å². The average molecular weight is 496 g/mol. The van der Waals surface area contributed by atoms with Crippen molar-refractivity contribution in [3.63, 3.8) is 0 Å². The Kier molecular flexibility index (Phi) is 6.63. The molecule has 1 saturated heterocycles. The molecular weight excluding hydrogens is 465 g/mol. The standard InChI is InChI=1S/C26H30FN5O4/c1-15(2)18-12-19(23(34)13-22(18)33)24-29-30-25(26(35)28-17-4-5-17)32(24)21-6-3-16(11-20(21)27)14-31-7-9-36-10-8-31/h3,6,11-13,15,17,33-34H,4-5,7-10,14H2,1-2H3,(H,28,35). The van der Waals surface area contributed by atoms with Crippen molar-refractivity contribution >= 4 is 5.91 Å². The van der Waals surface area contributed by atoms with Gasteiger partial charge in [0.15, 0.2) is 5.82 Å². The van der Waals surface area contributed by atoms with Gasteiger partial charge in [0.2, 0.25) is 5.82 Å². The largest absolute Gasteiger partial charge is 0.508 e. The molecule has 0 unspecified atom stereocenters. The molecule has 1 aromatic heterocycles. The van der Waals surface area contributed by atoms with Crippen molar-refractivity contribution in [2.75, 3.05) is 26.3 Å². The lowest BCUT2D eigenvalue weighted by Gasteiger charge is -2.26. The van der Waals surface area contributed by atoms with E-state index in [1.807, 2.05) is 19.9 Å². The highest BCUT2D eigenvalue weighted by Crippen LogP contribution is 2.38. The predicted octanol–water partition coefficient (Wildman–Crippen LogP) is 3.33. The number of hydrogen-bond donors (Lipinski definition) is 3. The van der Waals surface area contributed by atoms with Crippen molar-refractivity contribution in [3.8, 4) is 28.6 Å². The first kappa shape index (κ1) is 24.2. The van der Waals surface area contributed by atoms with Crippen molar-refractivity contribution in [1.82, 2.24) is 25.0 Å². The monoisotopic (exact) mass is 495 g/mol. The van der Waals surface area contributed by atoms with Gasteiger partial charge in [-0.15, -0.1) is 10.2 Å². The molecule has 2 fully saturated rings. The summed E-state index contributed by atoms with van der Waals surface area (Å²) in [5, 5.41) is 32.1. The van der Waals surface area contributed by atoms with E-state index in [0.717, 1.165) is 31.5 Å². The van der Waals surface area contributed by atoms with Gasteiger partial charge in [-0.1, -0.05) is 19.9 Å². The minimum absolute atomic E-state index is 0.0467. The zero-order valence-electron chi connectivity index (χ0n) is 20.4. The highest BCUT2D eigenvalue weighted by atomic mass is 19.1. The summed E-state index contributed by atoms with van der Waals surface area (Å²) < 4.78 is 22.3. The summed E-state index contributed by atoms with van der Waals surface area (Å²) in [5.41, 5.74) is 1.72. The van der Waals surface area contributed by atoms with Gasteiger partial charge in [0.25, 0.3) is 5.91 Å². The average Bonchev–Trinajstić information content (AvgIpc) is 3.55. The van der Waals surface area contributed by atoms with Gasteiger partial charge in [0.1, 0.15) is 17.3 Å². The van der Waals surface area contributed by atoms with Crippen molar-refractivity contribution in [2.45, 2.75) is 45.2 Å². The van der Waals surface area contributed by atoms with Gasteiger partial charge in [-0.05, 0) is 48.1 Å². The number of halogens is 1. The fourth-order valence-electron chi connectivity index (χ4n) is 4.39. The zero-order valence-corrected chi connectivity index (χ0v) is 20.4. The number of phenolic OH excluding ortho intramolecular Hbond substituents is 2. The molecule has 1 aliphatic heterocycles. The third kappa shape index (κ3) is 4.91. The van der Waals surface area contributed by atoms with Crippen LogP contribution in [0.2, 0.25) is 0 Å². The van der Waals surface area contributed by atoms with Crippen LogP contribution in [-0.2, 0) is 11.3 Å². The van der Waals surface area contributed by atoms with Crippen LogP contribution in [0.4, 0.5) is 4.39 Å². The van der Waals surface area contributed by atoms with Crippen LogP contribution in [0.25, 0.3) is 17.1 Å². The molecule has 2 aromatic carbocycles. The molecule has 190 valence electrons. The van der Waals surface area contributed by atoms with Crippen LogP contribution in [0.15, 0.2) is 30.3 Å². The second-order valence-corrected chi connectivity index (χ2v) is 9.69. The Labute approximate surface area is 208 Å². The van der Waals surface area contributed by atoms with Gasteiger partial charge in [-0.2, -0.15) is 0 Å². The quantitative estimate of drug-likeness (QED) is 0.461. The Morgan fingerprint density at radius 3 is 2.56 bits per heavy atom. The van der Waals surface area contributed by atoms with E-state index in [-0.39, 0.29) is 46.4 Å². The van der Waals surface area contributed by atoms with E-state index < -0.39 is 11.7 Å². The van der Waals surface area contributed by atoms with Gasteiger partial charge in [0.05, 0.1) is 24.5 Å². The van der Waals surface area contributed by atoms with E-state index in [9.17, 15) is 15.0 Å². The highest BCUT2D eigenvalue weighted by Gasteiger charge is 2.30. The molecule has 0 radical (unpaired) electrons. The lowest BCUT2D eigenvalue weighted by molar-refractivity contribution is 0.0341. The van der Waals surface area contributed by atoms with Crippen LogP contribution in [0.1, 0.15) is 54.4 Å². The van der Waals surface area contributed by atoms with Crippen molar-refractivity contribution in [2.24, 2.45) is 0 Å². The van der Waals surface area contributed by atoms with Gasteiger partial charge < -0.3 is 20.3 Å². The van der Waals surface area contributed by atoms with Crippen LogP contribution < -0.4 is 5.32 Å². The molecule has 1 amide bonds. The van der Waals surface area contributed by atoms with Gasteiger partial charge in [-0.25, -0.2) is 4.39 Å². The Bertz CT molecular complexity index is 1280. The third-order valence-electron chi connectivity index (χ3n) is 6.55. The number of amides is 1. The molecule has 10 heteroatoms. The molecule has 0 spiro atoms. The predicted molar refractivity (Wildman–Crippen MR) is 131 cm³/mol. The molecule has 0 atom stereocenters. The fraction of sp³-hybridized carbons (Fsp3) is 0.423. The summed E-state index contributed by atoms with van der Waals surface area (Å²) in [6.07, 6.45) is 1.77. The Morgan fingerprint density at radius 1 is 1.14 bits per heavy atom. The second-order valence-electron chi connectivity index (χ2n) is 9.69. The first-order chi connectivity index (χ1) is 17.3. The molecule has 1 aliphatic carbocycles. The number of carbonyl (C=O) groups excluding carboxylic acids is 1. The summed E-state index contributed by atoms with van der Waals surface area (Å²) in [6, 6.07) is 7.77. The minimum Gasteiger partial charge on any atom is -0.508 e. The molecule has 3 aromatic rings.